The summed E-state index contributed by atoms with van der Waals surface area (Å²) in [5.74, 6) is 1.86. The molecule has 1 heteroatoms. The van der Waals surface area contributed by atoms with E-state index in [1.807, 2.05) is 0 Å². The van der Waals surface area contributed by atoms with Crippen LogP contribution in [0.3, 0.4) is 0 Å². The van der Waals surface area contributed by atoms with Crippen molar-refractivity contribution in [3.05, 3.63) is 0 Å². The number of aliphatic hydroxyl groups is 1. The molecule has 0 heterocycles. The topological polar surface area (TPSA) is 20.2 Å². The number of aliphatic hydroxyl groups excluding tert-OH is 1. The maximum absolute atomic E-state index is 9.63. The van der Waals surface area contributed by atoms with E-state index in [9.17, 15) is 5.11 Å². The molecule has 2 aliphatic carbocycles. The highest BCUT2D eigenvalue weighted by Crippen LogP contribution is 2.40. The van der Waals surface area contributed by atoms with Gasteiger partial charge < -0.3 is 5.11 Å². The molecule has 1 N–H and O–H groups in total. The van der Waals surface area contributed by atoms with Gasteiger partial charge >= 0.3 is 0 Å². The van der Waals surface area contributed by atoms with Crippen molar-refractivity contribution in [3.63, 3.8) is 0 Å². The van der Waals surface area contributed by atoms with E-state index in [0.29, 0.717) is 0 Å². The molecule has 2 unspecified atom stereocenters. The molecule has 0 spiro atoms. The molecule has 0 aromatic rings. The normalized spacial score (nSPS) is 38.8. The molecule has 0 radical (unpaired) electrons. The molecular weight excluding hydrogens is 148 g/mol. The first-order valence-corrected chi connectivity index (χ1v) is 5.54. The van der Waals surface area contributed by atoms with Gasteiger partial charge in [-0.3, -0.25) is 0 Å². The van der Waals surface area contributed by atoms with Crippen LogP contribution in [-0.2, 0) is 0 Å². The van der Waals surface area contributed by atoms with Crippen LogP contribution in [0.2, 0.25) is 0 Å². The van der Waals surface area contributed by atoms with Crippen LogP contribution in [0.15, 0.2) is 0 Å². The summed E-state index contributed by atoms with van der Waals surface area (Å²) in [5, 5.41) is 9.63. The van der Waals surface area contributed by atoms with E-state index in [2.05, 4.69) is 0 Å². The number of hydrogen-bond acceptors (Lipinski definition) is 1. The van der Waals surface area contributed by atoms with E-state index >= 15 is 0 Å². The van der Waals surface area contributed by atoms with Gasteiger partial charge in [-0.15, -0.1) is 0 Å². The summed E-state index contributed by atoms with van der Waals surface area (Å²) in [6.07, 6.45) is 10.5. The minimum atomic E-state index is 0.0260. The molecule has 0 aliphatic heterocycles. The van der Waals surface area contributed by atoms with E-state index in [0.717, 1.165) is 24.7 Å². The van der Waals surface area contributed by atoms with Gasteiger partial charge in [0.2, 0.25) is 0 Å². The Labute approximate surface area is 75.2 Å². The maximum Gasteiger partial charge on any atom is 0.0543 e. The Balaban J connectivity index is 1.85. The quantitative estimate of drug-likeness (QED) is 0.597. The number of hydrogen-bond donors (Lipinski definition) is 1. The zero-order valence-electron chi connectivity index (χ0n) is 7.84. The van der Waals surface area contributed by atoms with Crippen LogP contribution >= 0.6 is 0 Å². The molecule has 70 valence electrons. The SMILES string of the molecule is OC1CCCCC(C2CCC2)C1. The zero-order chi connectivity index (χ0) is 8.39. The van der Waals surface area contributed by atoms with Crippen LogP contribution in [0.1, 0.15) is 51.4 Å². The second kappa shape index (κ2) is 3.78. The lowest BCUT2D eigenvalue weighted by molar-refractivity contribution is 0.103. The molecule has 0 amide bonds. The fourth-order valence-electron chi connectivity index (χ4n) is 2.71. The molecule has 2 rings (SSSR count). The van der Waals surface area contributed by atoms with Crippen molar-refractivity contribution < 1.29 is 5.11 Å². The fraction of sp³-hybridized carbons (Fsp3) is 1.00. The standard InChI is InChI=1S/C11H20O/c12-11-7-2-1-4-10(8-11)9-5-3-6-9/h9-12H,1-8H2. The molecule has 1 nitrogen and oxygen atoms in total. The van der Waals surface area contributed by atoms with Crippen molar-refractivity contribution >= 4 is 0 Å². The molecule has 2 atom stereocenters. The highest BCUT2D eigenvalue weighted by atomic mass is 16.3. The lowest BCUT2D eigenvalue weighted by Gasteiger charge is -2.33. The summed E-state index contributed by atoms with van der Waals surface area (Å²) >= 11 is 0. The maximum atomic E-state index is 9.63. The van der Waals surface area contributed by atoms with Gasteiger partial charge in [0.25, 0.3) is 0 Å². The van der Waals surface area contributed by atoms with Crippen molar-refractivity contribution in [1.82, 2.24) is 0 Å². The van der Waals surface area contributed by atoms with Crippen molar-refractivity contribution in [3.8, 4) is 0 Å². The van der Waals surface area contributed by atoms with E-state index in [4.69, 9.17) is 0 Å². The van der Waals surface area contributed by atoms with Crippen LogP contribution in [0.4, 0.5) is 0 Å². The monoisotopic (exact) mass is 168 g/mol. The zero-order valence-corrected chi connectivity index (χ0v) is 7.84. The summed E-state index contributed by atoms with van der Waals surface area (Å²) < 4.78 is 0. The fourth-order valence-corrected chi connectivity index (χ4v) is 2.71. The third-order valence-corrected chi connectivity index (χ3v) is 3.75. The molecule has 2 saturated carbocycles. The predicted octanol–water partition coefficient (Wildman–Crippen LogP) is 2.73. The van der Waals surface area contributed by atoms with Crippen LogP contribution in [0.25, 0.3) is 0 Å². The molecule has 2 aliphatic rings. The van der Waals surface area contributed by atoms with Crippen LogP contribution in [0, 0.1) is 11.8 Å². The smallest absolute Gasteiger partial charge is 0.0543 e. The Kier molecular flexibility index (Phi) is 2.69. The molecule has 0 aromatic carbocycles. The third-order valence-electron chi connectivity index (χ3n) is 3.75. The van der Waals surface area contributed by atoms with Crippen molar-refractivity contribution in [1.29, 1.82) is 0 Å². The summed E-state index contributed by atoms with van der Waals surface area (Å²) in [5.41, 5.74) is 0. The van der Waals surface area contributed by atoms with Gasteiger partial charge in [-0.2, -0.15) is 0 Å². The van der Waals surface area contributed by atoms with Gasteiger partial charge in [0, 0.05) is 0 Å². The van der Waals surface area contributed by atoms with Gasteiger partial charge in [-0.1, -0.05) is 38.5 Å². The van der Waals surface area contributed by atoms with E-state index in [1.54, 1.807) is 0 Å². The minimum absolute atomic E-state index is 0.0260. The minimum Gasteiger partial charge on any atom is -0.393 e. The molecule has 12 heavy (non-hydrogen) atoms. The van der Waals surface area contributed by atoms with Gasteiger partial charge in [-0.25, -0.2) is 0 Å². The van der Waals surface area contributed by atoms with Crippen LogP contribution in [-0.4, -0.2) is 11.2 Å². The van der Waals surface area contributed by atoms with Gasteiger partial charge in [0.1, 0.15) is 0 Å². The average Bonchev–Trinajstić information content (AvgIpc) is 2.10. The largest absolute Gasteiger partial charge is 0.393 e. The van der Waals surface area contributed by atoms with E-state index < -0.39 is 0 Å². The van der Waals surface area contributed by atoms with E-state index in [1.165, 1.54) is 38.5 Å². The Morgan fingerprint density at radius 3 is 2.08 bits per heavy atom. The summed E-state index contributed by atoms with van der Waals surface area (Å²) in [6, 6.07) is 0. The van der Waals surface area contributed by atoms with E-state index in [-0.39, 0.29) is 6.10 Å². The first-order valence-electron chi connectivity index (χ1n) is 5.54. The Morgan fingerprint density at radius 1 is 0.750 bits per heavy atom. The van der Waals surface area contributed by atoms with Crippen molar-refractivity contribution in [2.45, 2.75) is 57.5 Å². The lowest BCUT2D eigenvalue weighted by Crippen LogP contribution is -2.24. The molecular formula is C11H20O. The van der Waals surface area contributed by atoms with Crippen molar-refractivity contribution in [2.75, 3.05) is 0 Å². The Hall–Kier alpha value is -0.0400. The predicted molar refractivity (Wildman–Crippen MR) is 49.9 cm³/mol. The number of rotatable bonds is 1. The van der Waals surface area contributed by atoms with Crippen LogP contribution < -0.4 is 0 Å². The lowest BCUT2D eigenvalue weighted by atomic mass is 9.73. The van der Waals surface area contributed by atoms with Gasteiger partial charge in [0.15, 0.2) is 0 Å². The van der Waals surface area contributed by atoms with Crippen LogP contribution in [0.5, 0.6) is 0 Å². The third kappa shape index (κ3) is 1.82. The molecule has 0 aromatic heterocycles. The summed E-state index contributed by atoms with van der Waals surface area (Å²) in [6.45, 7) is 0. The first-order chi connectivity index (χ1) is 5.86. The summed E-state index contributed by atoms with van der Waals surface area (Å²) in [4.78, 5) is 0. The Morgan fingerprint density at radius 2 is 1.42 bits per heavy atom. The molecule has 0 bridgehead atoms. The average molecular weight is 168 g/mol. The van der Waals surface area contributed by atoms with Crippen molar-refractivity contribution in [2.24, 2.45) is 11.8 Å². The first kappa shape index (κ1) is 8.55. The van der Waals surface area contributed by atoms with Gasteiger partial charge in [0.05, 0.1) is 6.10 Å². The second-order valence-electron chi connectivity index (χ2n) is 4.63. The highest BCUT2D eigenvalue weighted by molar-refractivity contribution is 4.81. The highest BCUT2D eigenvalue weighted by Gasteiger charge is 2.29. The second-order valence-corrected chi connectivity index (χ2v) is 4.63. The molecule has 0 saturated heterocycles. The molecule has 2 fully saturated rings. The van der Waals surface area contributed by atoms with Gasteiger partial charge in [-0.05, 0) is 24.7 Å². The Bertz CT molecular complexity index is 140. The summed E-state index contributed by atoms with van der Waals surface area (Å²) in [7, 11) is 0.